The molecule has 2 aromatic heterocycles. The molecule has 0 spiro atoms. The van der Waals surface area contributed by atoms with Gasteiger partial charge in [0.2, 0.25) is 0 Å². The largest absolute Gasteiger partial charge is 0.310 e. The molecule has 0 bridgehead atoms. The highest BCUT2D eigenvalue weighted by Crippen LogP contribution is 2.49. The predicted molar refractivity (Wildman–Crippen MR) is 383 cm³/mol. The maximum absolute atomic E-state index is 2.70. The average molecular weight is 1140 g/mol. The monoisotopic (exact) mass is 1140 g/mol. The lowest BCUT2D eigenvalue weighted by atomic mass is 9.34. The third kappa shape index (κ3) is 7.77. The highest BCUT2D eigenvalue weighted by molar-refractivity contribution is 7.00. The first kappa shape index (κ1) is 53.5. The second-order valence-corrected chi connectivity index (χ2v) is 28.8. The summed E-state index contributed by atoms with van der Waals surface area (Å²) in [6.07, 6.45) is 0. The molecule has 428 valence electrons. The second-order valence-electron chi connectivity index (χ2n) is 28.8. The highest BCUT2D eigenvalue weighted by atomic mass is 15.0. The Hall–Kier alpha value is -9.70. The molecule has 0 atom stereocenters. The molecule has 89 heavy (non-hydrogen) atoms. The van der Waals surface area contributed by atoms with Gasteiger partial charge in [-0.05, 0) is 157 Å². The van der Waals surface area contributed by atoms with E-state index in [1.54, 1.807) is 0 Å². The van der Waals surface area contributed by atoms with E-state index in [1.807, 2.05) is 0 Å². The van der Waals surface area contributed by atoms with Gasteiger partial charge in [-0.2, -0.15) is 0 Å². The highest BCUT2D eigenvalue weighted by Gasteiger charge is 2.43. The van der Waals surface area contributed by atoms with Crippen molar-refractivity contribution in [1.82, 2.24) is 9.13 Å². The molecular formula is C86H71BN2. The van der Waals surface area contributed by atoms with Crippen molar-refractivity contribution >= 4 is 99.0 Å². The number of benzene rings is 13. The predicted octanol–water partition coefficient (Wildman–Crippen LogP) is 20.7. The summed E-state index contributed by atoms with van der Waals surface area (Å²) in [5, 5.41) is 12.9. The van der Waals surface area contributed by atoms with Crippen LogP contribution in [0, 0.1) is 0 Å². The maximum Gasteiger partial charge on any atom is 0.252 e. The molecule has 2 aliphatic rings. The van der Waals surface area contributed by atoms with Crippen LogP contribution in [-0.2, 0) is 21.7 Å². The lowest BCUT2D eigenvalue weighted by Crippen LogP contribution is -2.59. The summed E-state index contributed by atoms with van der Waals surface area (Å²) in [4.78, 5) is 0. The minimum atomic E-state index is -0.317. The van der Waals surface area contributed by atoms with Crippen LogP contribution >= 0.6 is 0 Å². The fraction of sp³-hybridized carbons (Fsp3) is 0.163. The van der Waals surface area contributed by atoms with E-state index in [2.05, 4.69) is 327 Å². The Balaban J connectivity index is 1.05. The van der Waals surface area contributed by atoms with Crippen LogP contribution in [0.4, 0.5) is 0 Å². The number of nitrogens with zero attached hydrogens (tertiary/aromatic N) is 2. The fourth-order valence-corrected chi connectivity index (χ4v) is 16.1. The van der Waals surface area contributed by atoms with Gasteiger partial charge < -0.3 is 9.13 Å². The van der Waals surface area contributed by atoms with Gasteiger partial charge in [-0.3, -0.25) is 0 Å². The van der Waals surface area contributed by atoms with Gasteiger partial charge in [0.05, 0.1) is 11.0 Å². The molecule has 17 rings (SSSR count). The standard InChI is InChI=1S/C86H71BN2/c1-83(2,3)55-39-35-52(36-40-55)61-31-21-32-62(53-37-41-56(42-38-53)84(4,5)6)77(61)54-47-75-80-76(48-54)89-74-46-44-67-65-29-18-17-27-63(65)64-28-19-20-30-66(64)78(67)79(74)68-33-22-34-71(81(68)89)87(80)72-51-60(86(9,10)58-25-15-12-16-26-58)50-70-69-49-59(43-45-73(69)88(75)82(70)72)85(7,8)57-23-13-11-14-24-57/h11-51H,1-10H3. The van der Waals surface area contributed by atoms with Crippen molar-refractivity contribution in [3.05, 3.63) is 282 Å². The molecule has 0 N–H and O–H groups in total. The van der Waals surface area contributed by atoms with Gasteiger partial charge in [0.1, 0.15) is 0 Å². The number of hydrogen-bond acceptors (Lipinski definition) is 0. The van der Waals surface area contributed by atoms with Crippen molar-refractivity contribution in [3.8, 4) is 44.8 Å². The zero-order valence-electron chi connectivity index (χ0n) is 52.6. The minimum Gasteiger partial charge on any atom is -0.310 e. The van der Waals surface area contributed by atoms with Crippen molar-refractivity contribution in [3.63, 3.8) is 0 Å². The van der Waals surface area contributed by atoms with Crippen LogP contribution in [0.25, 0.3) is 121 Å². The van der Waals surface area contributed by atoms with E-state index in [9.17, 15) is 0 Å². The van der Waals surface area contributed by atoms with E-state index in [0.29, 0.717) is 0 Å². The van der Waals surface area contributed by atoms with Gasteiger partial charge in [-0.25, -0.2) is 0 Å². The molecule has 15 aromatic rings. The summed E-state index contributed by atoms with van der Waals surface area (Å²) in [5.74, 6) is 0. The van der Waals surface area contributed by atoms with Crippen molar-refractivity contribution < 1.29 is 0 Å². The summed E-state index contributed by atoms with van der Waals surface area (Å²) in [6, 6.07) is 96.2. The van der Waals surface area contributed by atoms with Crippen LogP contribution in [0.2, 0.25) is 0 Å². The zero-order chi connectivity index (χ0) is 60.6. The Morgan fingerprint density at radius 2 is 0.730 bits per heavy atom. The Labute approximate surface area is 522 Å². The molecule has 3 heteroatoms. The first-order valence-corrected chi connectivity index (χ1v) is 32.0. The van der Waals surface area contributed by atoms with Crippen molar-refractivity contribution in [1.29, 1.82) is 0 Å². The molecule has 0 aliphatic carbocycles. The zero-order valence-corrected chi connectivity index (χ0v) is 52.6. The topological polar surface area (TPSA) is 9.86 Å². The molecule has 0 saturated heterocycles. The molecular weight excluding hydrogens is 1070 g/mol. The number of rotatable bonds is 7. The normalized spacial score (nSPS) is 13.3. The molecule has 0 fully saturated rings. The van der Waals surface area contributed by atoms with Crippen molar-refractivity contribution in [2.45, 2.75) is 90.9 Å². The van der Waals surface area contributed by atoms with Gasteiger partial charge in [-0.15, -0.1) is 0 Å². The smallest absolute Gasteiger partial charge is 0.252 e. The van der Waals surface area contributed by atoms with E-state index in [0.717, 1.165) is 0 Å². The van der Waals surface area contributed by atoms with E-state index in [-0.39, 0.29) is 28.4 Å². The quantitative estimate of drug-likeness (QED) is 0.111. The SMILES string of the molecule is CC(C)(C)c1ccc(-c2cccc(-c3ccc(C(C)(C)C)cc3)c2-c2cc3c4c(c2)-n2c5ccc6c7ccccc7c7ccccc7c6c5c5cccc(c52)B4c2cc(C(C)(C)c4ccccc4)cc4c5cc(C(C)(C)c6ccccc6)ccc5n-3c24)cc1. The van der Waals surface area contributed by atoms with E-state index >= 15 is 0 Å². The minimum absolute atomic E-state index is 0.0128. The van der Waals surface area contributed by atoms with Crippen LogP contribution in [0.1, 0.15) is 103 Å². The summed E-state index contributed by atoms with van der Waals surface area (Å²) in [7, 11) is 0. The van der Waals surface area contributed by atoms with Gasteiger partial charge in [0.25, 0.3) is 6.71 Å². The summed E-state index contributed by atoms with van der Waals surface area (Å²) in [5.41, 5.74) is 26.1. The van der Waals surface area contributed by atoms with Crippen LogP contribution in [0.5, 0.6) is 0 Å². The third-order valence-corrected chi connectivity index (χ3v) is 21.0. The molecule has 0 unspecified atom stereocenters. The Bertz CT molecular complexity index is 5360. The summed E-state index contributed by atoms with van der Waals surface area (Å²) in [6.45, 7) is 23.4. The van der Waals surface area contributed by atoms with E-state index in [4.69, 9.17) is 0 Å². The molecule has 2 aliphatic heterocycles. The average Bonchev–Trinajstić information content (AvgIpc) is 1.57. The van der Waals surface area contributed by atoms with Gasteiger partial charge in [0.15, 0.2) is 0 Å². The number of hydrogen-bond donors (Lipinski definition) is 0. The van der Waals surface area contributed by atoms with Gasteiger partial charge >= 0.3 is 0 Å². The number of para-hydroxylation sites is 1. The first-order chi connectivity index (χ1) is 42.9. The molecule has 4 heterocycles. The summed E-state index contributed by atoms with van der Waals surface area (Å²) < 4.78 is 5.40. The maximum atomic E-state index is 2.70. The van der Waals surface area contributed by atoms with Crippen molar-refractivity contribution in [2.24, 2.45) is 0 Å². The van der Waals surface area contributed by atoms with Gasteiger partial charge in [-0.1, -0.05) is 282 Å². The Kier molecular flexibility index (Phi) is 11.4. The Morgan fingerprint density at radius 3 is 1.30 bits per heavy atom. The fourth-order valence-electron chi connectivity index (χ4n) is 16.1. The number of aromatic nitrogens is 2. The first-order valence-electron chi connectivity index (χ1n) is 32.0. The van der Waals surface area contributed by atoms with Gasteiger partial charge in [0, 0.05) is 60.2 Å². The van der Waals surface area contributed by atoms with Crippen LogP contribution in [-0.4, -0.2) is 15.8 Å². The molecule has 0 saturated carbocycles. The molecule has 0 amide bonds. The third-order valence-electron chi connectivity index (χ3n) is 21.0. The lowest BCUT2D eigenvalue weighted by molar-refractivity contribution is 0.590. The molecule has 2 nitrogen and oxygen atoms in total. The van der Waals surface area contributed by atoms with Crippen LogP contribution in [0.3, 0.4) is 0 Å². The number of fused-ring (bicyclic) bond motifs is 17. The van der Waals surface area contributed by atoms with Crippen LogP contribution < -0.4 is 16.4 Å². The van der Waals surface area contributed by atoms with E-state index in [1.165, 1.54) is 170 Å². The van der Waals surface area contributed by atoms with Crippen LogP contribution in [0.15, 0.2) is 249 Å². The lowest BCUT2D eigenvalue weighted by Gasteiger charge is -2.35. The molecule has 0 radical (unpaired) electrons. The molecule has 13 aromatic carbocycles. The summed E-state index contributed by atoms with van der Waals surface area (Å²) >= 11 is 0. The second kappa shape index (κ2) is 18.9. The van der Waals surface area contributed by atoms with Crippen molar-refractivity contribution in [2.75, 3.05) is 0 Å². The Morgan fingerprint density at radius 1 is 0.281 bits per heavy atom. The van der Waals surface area contributed by atoms with E-state index < -0.39 is 0 Å².